The summed E-state index contributed by atoms with van der Waals surface area (Å²) in [6.07, 6.45) is -0.628. The van der Waals surface area contributed by atoms with Crippen LogP contribution < -0.4 is 10.1 Å². The summed E-state index contributed by atoms with van der Waals surface area (Å²) in [4.78, 5) is 11.3. The molecule has 24 heavy (non-hydrogen) atoms. The van der Waals surface area contributed by atoms with Crippen molar-refractivity contribution in [1.29, 1.82) is 0 Å². The van der Waals surface area contributed by atoms with Crippen LogP contribution in [-0.2, 0) is 4.74 Å². The molecule has 0 heterocycles. The highest BCUT2D eigenvalue weighted by Gasteiger charge is 2.10. The van der Waals surface area contributed by atoms with Gasteiger partial charge in [0.1, 0.15) is 18.5 Å². The molecule has 5 nitrogen and oxygen atoms in total. The van der Waals surface area contributed by atoms with Gasteiger partial charge >= 0.3 is 5.97 Å². The molecule has 0 aliphatic rings. The highest BCUT2D eigenvalue weighted by Crippen LogP contribution is 2.14. The normalized spacial score (nSPS) is 13.1. The van der Waals surface area contributed by atoms with E-state index in [9.17, 15) is 9.90 Å². The molecule has 2 aromatic rings. The van der Waals surface area contributed by atoms with Gasteiger partial charge in [0.25, 0.3) is 0 Å². The number of nitrogens with one attached hydrogen (secondary N) is 1. The van der Waals surface area contributed by atoms with Crippen LogP contribution in [0.15, 0.2) is 54.6 Å². The Balaban J connectivity index is 1.75. The number of rotatable bonds is 8. The van der Waals surface area contributed by atoms with Crippen LogP contribution in [-0.4, -0.2) is 37.4 Å². The zero-order chi connectivity index (χ0) is 17.4. The maximum absolute atomic E-state index is 11.3. The Bertz CT molecular complexity index is 628. The summed E-state index contributed by atoms with van der Waals surface area (Å²) < 4.78 is 10.2. The monoisotopic (exact) mass is 329 g/mol. The first-order valence-corrected chi connectivity index (χ1v) is 7.87. The maximum atomic E-state index is 11.3. The van der Waals surface area contributed by atoms with Gasteiger partial charge in [0, 0.05) is 12.6 Å². The van der Waals surface area contributed by atoms with Crippen molar-refractivity contribution >= 4 is 5.97 Å². The summed E-state index contributed by atoms with van der Waals surface area (Å²) in [6, 6.07) is 16.8. The van der Waals surface area contributed by atoms with Crippen molar-refractivity contribution in [2.75, 3.05) is 20.3 Å². The first kappa shape index (κ1) is 18.0. The quantitative estimate of drug-likeness (QED) is 0.729. The van der Waals surface area contributed by atoms with Gasteiger partial charge in [-0.1, -0.05) is 30.3 Å². The summed E-state index contributed by atoms with van der Waals surface area (Å²) in [5.41, 5.74) is 1.63. The van der Waals surface area contributed by atoms with E-state index in [1.165, 1.54) is 12.7 Å². The molecule has 0 saturated heterocycles. The lowest BCUT2D eigenvalue weighted by atomic mass is 10.1. The van der Waals surface area contributed by atoms with Crippen LogP contribution >= 0.6 is 0 Å². The zero-order valence-corrected chi connectivity index (χ0v) is 13.9. The van der Waals surface area contributed by atoms with Gasteiger partial charge in [0.05, 0.1) is 12.7 Å². The van der Waals surface area contributed by atoms with Gasteiger partial charge in [-0.25, -0.2) is 4.79 Å². The number of esters is 1. The van der Waals surface area contributed by atoms with Crippen LogP contribution in [0.1, 0.15) is 28.9 Å². The van der Waals surface area contributed by atoms with Crippen molar-refractivity contribution in [2.45, 2.75) is 19.1 Å². The molecule has 5 heteroatoms. The number of ether oxygens (including phenoxy) is 2. The molecule has 0 radical (unpaired) electrons. The molecule has 0 saturated carbocycles. The lowest BCUT2D eigenvalue weighted by molar-refractivity contribution is 0.0600. The third-order valence-electron chi connectivity index (χ3n) is 3.68. The highest BCUT2D eigenvalue weighted by atomic mass is 16.5. The first-order chi connectivity index (χ1) is 11.6. The molecule has 128 valence electrons. The van der Waals surface area contributed by atoms with E-state index in [0.717, 1.165) is 0 Å². The number of aliphatic hydroxyl groups is 1. The Hall–Kier alpha value is -2.37. The van der Waals surface area contributed by atoms with Gasteiger partial charge in [-0.3, -0.25) is 0 Å². The number of carbonyl (C=O) groups is 1. The average molecular weight is 329 g/mol. The van der Waals surface area contributed by atoms with Crippen LogP contribution in [0.5, 0.6) is 5.75 Å². The predicted octanol–water partition coefficient (Wildman–Crippen LogP) is 2.56. The zero-order valence-electron chi connectivity index (χ0n) is 13.9. The van der Waals surface area contributed by atoms with Crippen molar-refractivity contribution < 1.29 is 19.4 Å². The van der Waals surface area contributed by atoms with Crippen molar-refractivity contribution in [3.05, 3.63) is 65.7 Å². The maximum Gasteiger partial charge on any atom is 0.337 e. The van der Waals surface area contributed by atoms with Gasteiger partial charge in [-0.2, -0.15) is 0 Å². The Kier molecular flexibility index (Phi) is 6.78. The Morgan fingerprint density at radius 2 is 1.79 bits per heavy atom. The fourth-order valence-electron chi connectivity index (χ4n) is 2.23. The molecule has 2 rings (SSSR count). The van der Waals surface area contributed by atoms with E-state index in [-0.39, 0.29) is 18.6 Å². The fraction of sp³-hybridized carbons (Fsp3) is 0.316. The minimum absolute atomic E-state index is 0.153. The number of hydrogen-bond acceptors (Lipinski definition) is 5. The second kappa shape index (κ2) is 9.05. The van der Waals surface area contributed by atoms with Crippen LogP contribution in [0, 0.1) is 0 Å². The third-order valence-corrected chi connectivity index (χ3v) is 3.68. The van der Waals surface area contributed by atoms with Gasteiger partial charge < -0.3 is 19.9 Å². The molecule has 2 N–H and O–H groups in total. The van der Waals surface area contributed by atoms with Gasteiger partial charge in [-0.05, 0) is 36.8 Å². The summed E-state index contributed by atoms with van der Waals surface area (Å²) in [5, 5.41) is 13.3. The van der Waals surface area contributed by atoms with Crippen LogP contribution in [0.25, 0.3) is 0 Å². The van der Waals surface area contributed by atoms with E-state index in [1.54, 1.807) is 24.3 Å². The van der Waals surface area contributed by atoms with Crippen molar-refractivity contribution in [3.63, 3.8) is 0 Å². The minimum atomic E-state index is -0.628. The van der Waals surface area contributed by atoms with E-state index in [4.69, 9.17) is 4.74 Å². The van der Waals surface area contributed by atoms with E-state index in [2.05, 4.69) is 17.0 Å². The van der Waals surface area contributed by atoms with Gasteiger partial charge in [-0.15, -0.1) is 0 Å². The average Bonchev–Trinajstić information content (AvgIpc) is 2.64. The molecule has 2 unspecified atom stereocenters. The fourth-order valence-corrected chi connectivity index (χ4v) is 2.23. The molecule has 0 aliphatic carbocycles. The van der Waals surface area contributed by atoms with Gasteiger partial charge in [0.15, 0.2) is 0 Å². The van der Waals surface area contributed by atoms with Crippen molar-refractivity contribution in [3.8, 4) is 5.75 Å². The molecule has 0 aliphatic heterocycles. The Morgan fingerprint density at radius 3 is 2.42 bits per heavy atom. The third kappa shape index (κ3) is 5.37. The van der Waals surface area contributed by atoms with Crippen LogP contribution in [0.2, 0.25) is 0 Å². The number of aliphatic hydroxyl groups excluding tert-OH is 1. The lowest BCUT2D eigenvalue weighted by Crippen LogP contribution is -2.33. The number of carbonyl (C=O) groups excluding carboxylic acids is 1. The molecule has 0 aromatic heterocycles. The van der Waals surface area contributed by atoms with Crippen molar-refractivity contribution in [1.82, 2.24) is 5.32 Å². The number of hydrogen-bond donors (Lipinski definition) is 2. The largest absolute Gasteiger partial charge is 0.491 e. The van der Waals surface area contributed by atoms with Crippen LogP contribution in [0.3, 0.4) is 0 Å². The highest BCUT2D eigenvalue weighted by molar-refractivity contribution is 5.89. The molecule has 0 bridgehead atoms. The number of methoxy groups -OCH3 is 1. The number of benzene rings is 2. The summed E-state index contributed by atoms with van der Waals surface area (Å²) >= 11 is 0. The van der Waals surface area contributed by atoms with E-state index >= 15 is 0 Å². The van der Waals surface area contributed by atoms with E-state index < -0.39 is 6.10 Å². The van der Waals surface area contributed by atoms with Crippen LogP contribution in [0.4, 0.5) is 0 Å². The smallest absolute Gasteiger partial charge is 0.337 e. The van der Waals surface area contributed by atoms with E-state index in [0.29, 0.717) is 17.9 Å². The van der Waals surface area contributed by atoms with E-state index in [1.807, 2.05) is 30.3 Å². The second-order valence-electron chi connectivity index (χ2n) is 5.52. The summed E-state index contributed by atoms with van der Waals surface area (Å²) in [5.74, 6) is 0.207. The molecule has 0 spiro atoms. The molecule has 2 atom stereocenters. The van der Waals surface area contributed by atoms with Crippen molar-refractivity contribution in [2.24, 2.45) is 0 Å². The predicted molar refractivity (Wildman–Crippen MR) is 92.1 cm³/mol. The van der Waals surface area contributed by atoms with Gasteiger partial charge in [0.2, 0.25) is 0 Å². The first-order valence-electron chi connectivity index (χ1n) is 7.87. The minimum Gasteiger partial charge on any atom is -0.491 e. The molecule has 2 aromatic carbocycles. The second-order valence-corrected chi connectivity index (χ2v) is 5.52. The Labute approximate surface area is 142 Å². The lowest BCUT2D eigenvalue weighted by Gasteiger charge is -2.18. The molecule has 0 fully saturated rings. The molecule has 0 amide bonds. The SMILES string of the molecule is COC(=O)c1ccc(OCC(O)CNC(C)c2ccccc2)cc1. The molecular weight excluding hydrogens is 306 g/mol. The topological polar surface area (TPSA) is 67.8 Å². The standard InChI is InChI=1S/C19H23NO4/c1-14(15-6-4-3-5-7-15)20-12-17(21)13-24-18-10-8-16(9-11-18)19(22)23-2/h3-11,14,17,20-21H,12-13H2,1-2H3. The summed E-state index contributed by atoms with van der Waals surface area (Å²) in [7, 11) is 1.34. The Morgan fingerprint density at radius 1 is 1.12 bits per heavy atom. The molecular formula is C19H23NO4. The summed E-state index contributed by atoms with van der Waals surface area (Å²) in [6.45, 7) is 2.65.